The molecule has 1 aliphatic rings. The average molecular weight is 527 g/mol. The molecule has 7 nitrogen and oxygen atoms in total. The van der Waals surface area contributed by atoms with Gasteiger partial charge >= 0.3 is 12.0 Å². The number of rotatable bonds is 9. The third kappa shape index (κ3) is 6.26. The summed E-state index contributed by atoms with van der Waals surface area (Å²) in [5, 5.41) is 5.29. The van der Waals surface area contributed by atoms with Gasteiger partial charge in [0.05, 0.1) is 25.8 Å². The minimum atomic E-state index is -1.05. The Morgan fingerprint density at radius 1 is 0.895 bits per heavy atom. The Morgan fingerprint density at radius 2 is 1.66 bits per heavy atom. The van der Waals surface area contributed by atoms with Gasteiger partial charge < -0.3 is 24.8 Å². The van der Waals surface area contributed by atoms with Gasteiger partial charge in [-0.05, 0) is 65.9 Å². The molecule has 0 fully saturated rings. The minimum Gasteiger partial charge on any atom is -0.497 e. The number of carbonyl (C=O) groups excluding carboxylic acids is 2. The Hall–Kier alpha value is -4.47. The van der Waals surface area contributed by atoms with Gasteiger partial charge in [0, 0.05) is 11.8 Å². The molecular weight excluding hydrogens is 501 g/mol. The summed E-state index contributed by atoms with van der Waals surface area (Å²) >= 11 is 0. The van der Waals surface area contributed by atoms with Crippen LogP contribution in [0, 0.1) is 17.5 Å². The lowest BCUT2D eigenvalue weighted by Crippen LogP contribution is -2.46. The van der Waals surface area contributed by atoms with E-state index in [4.69, 9.17) is 14.2 Å². The van der Waals surface area contributed by atoms with E-state index in [1.807, 2.05) is 18.2 Å². The maximum absolute atomic E-state index is 14.5. The molecule has 3 aromatic rings. The lowest BCUT2D eigenvalue weighted by Gasteiger charge is -2.29. The highest BCUT2D eigenvalue weighted by Gasteiger charge is 2.34. The van der Waals surface area contributed by atoms with Gasteiger partial charge in [-0.1, -0.05) is 18.2 Å². The number of urea groups is 1. The number of nitrogens with one attached hydrogen (secondary N) is 2. The Bertz CT molecular complexity index is 1370. The molecule has 2 amide bonds. The maximum atomic E-state index is 14.5. The molecule has 4 rings (SSSR count). The van der Waals surface area contributed by atoms with Crippen LogP contribution < -0.4 is 20.1 Å². The van der Waals surface area contributed by atoms with Crippen LogP contribution in [0.4, 0.5) is 18.0 Å². The van der Waals surface area contributed by atoms with Gasteiger partial charge in [-0.3, -0.25) is 0 Å². The molecule has 38 heavy (non-hydrogen) atoms. The van der Waals surface area contributed by atoms with Gasteiger partial charge in [0.2, 0.25) is 0 Å². The monoisotopic (exact) mass is 526 g/mol. The average Bonchev–Trinajstić information content (AvgIpc) is 2.89. The van der Waals surface area contributed by atoms with Crippen molar-refractivity contribution in [2.24, 2.45) is 0 Å². The lowest BCUT2D eigenvalue weighted by molar-refractivity contribution is -0.140. The first kappa shape index (κ1) is 26.6. The molecule has 0 saturated heterocycles. The van der Waals surface area contributed by atoms with Crippen molar-refractivity contribution in [1.29, 1.82) is 0 Å². The highest BCUT2D eigenvalue weighted by atomic mass is 19.1. The highest BCUT2D eigenvalue weighted by molar-refractivity contribution is 5.95. The van der Waals surface area contributed by atoms with Crippen LogP contribution in [-0.2, 0) is 22.6 Å². The largest absolute Gasteiger partial charge is 0.497 e. The van der Waals surface area contributed by atoms with Crippen molar-refractivity contribution in [3.63, 3.8) is 0 Å². The summed E-state index contributed by atoms with van der Waals surface area (Å²) < 4.78 is 57.4. The van der Waals surface area contributed by atoms with Gasteiger partial charge in [-0.15, -0.1) is 0 Å². The Labute approximate surface area is 217 Å². The third-order valence-corrected chi connectivity index (χ3v) is 5.97. The fourth-order valence-electron chi connectivity index (χ4n) is 4.19. The van der Waals surface area contributed by atoms with Gasteiger partial charge in [-0.2, -0.15) is 0 Å². The number of benzene rings is 3. The van der Waals surface area contributed by atoms with Crippen molar-refractivity contribution in [3.8, 4) is 11.5 Å². The number of amides is 2. The first-order valence-electron chi connectivity index (χ1n) is 11.7. The van der Waals surface area contributed by atoms with Crippen molar-refractivity contribution >= 4 is 12.0 Å². The van der Waals surface area contributed by atoms with Gasteiger partial charge in [0.25, 0.3) is 0 Å². The van der Waals surface area contributed by atoms with E-state index in [0.717, 1.165) is 23.8 Å². The number of ether oxygens (including phenoxy) is 3. The van der Waals surface area contributed by atoms with E-state index in [1.165, 1.54) is 19.2 Å². The van der Waals surface area contributed by atoms with Crippen LogP contribution in [0.3, 0.4) is 0 Å². The summed E-state index contributed by atoms with van der Waals surface area (Å²) in [5.41, 5.74) is 1.58. The number of carbonyl (C=O) groups is 2. The highest BCUT2D eigenvalue weighted by Crippen LogP contribution is 2.32. The number of esters is 1. The lowest BCUT2D eigenvalue weighted by atomic mass is 9.93. The van der Waals surface area contributed by atoms with E-state index < -0.39 is 42.1 Å². The van der Waals surface area contributed by atoms with Crippen LogP contribution in [0.1, 0.15) is 29.2 Å². The molecule has 0 spiro atoms. The molecule has 0 bridgehead atoms. The molecule has 1 aliphatic heterocycles. The van der Waals surface area contributed by atoms with Crippen LogP contribution in [0.15, 0.2) is 71.9 Å². The molecule has 1 atom stereocenters. The number of halogens is 3. The molecule has 3 aromatic carbocycles. The molecule has 0 saturated carbocycles. The first-order valence-corrected chi connectivity index (χ1v) is 11.7. The second-order valence-electron chi connectivity index (χ2n) is 8.52. The zero-order chi connectivity index (χ0) is 27.2. The Balaban J connectivity index is 1.68. The zero-order valence-corrected chi connectivity index (χ0v) is 20.6. The van der Waals surface area contributed by atoms with Gasteiger partial charge in [-0.25, -0.2) is 22.8 Å². The summed E-state index contributed by atoms with van der Waals surface area (Å²) in [7, 11) is 2.87. The Morgan fingerprint density at radius 3 is 2.34 bits per heavy atom. The quantitative estimate of drug-likeness (QED) is 0.379. The smallest absolute Gasteiger partial charge is 0.338 e. The summed E-state index contributed by atoms with van der Waals surface area (Å²) in [6.45, 7) is -0.419. The second-order valence-corrected chi connectivity index (χ2v) is 8.52. The van der Waals surface area contributed by atoms with Crippen LogP contribution >= 0.6 is 0 Å². The van der Waals surface area contributed by atoms with Crippen LogP contribution in [0.25, 0.3) is 0 Å². The summed E-state index contributed by atoms with van der Waals surface area (Å²) in [6, 6.07) is 12.5. The SMILES string of the molecule is COc1cccc(CCC2=C(C(=O)OCc3cc(F)cc(F)c3)C(c3ccc(OC)c(F)c3)NC(=O)N2)c1. The predicted octanol–water partition coefficient (Wildman–Crippen LogP) is 5.11. The first-order chi connectivity index (χ1) is 18.3. The maximum Gasteiger partial charge on any atom is 0.338 e. The van der Waals surface area contributed by atoms with Crippen molar-refractivity contribution < 1.29 is 37.0 Å². The van der Waals surface area contributed by atoms with E-state index >= 15 is 0 Å². The molecule has 1 heterocycles. The normalized spacial score (nSPS) is 15.0. The van der Waals surface area contributed by atoms with Gasteiger partial charge in [0.1, 0.15) is 24.0 Å². The fourth-order valence-corrected chi connectivity index (χ4v) is 4.19. The number of methoxy groups -OCH3 is 2. The molecule has 0 aromatic heterocycles. The minimum absolute atomic E-state index is 0.00602. The zero-order valence-electron chi connectivity index (χ0n) is 20.6. The Kier molecular flexibility index (Phi) is 8.20. The number of aryl methyl sites for hydroxylation is 1. The van der Waals surface area contributed by atoms with Crippen LogP contribution in [0.2, 0.25) is 0 Å². The van der Waals surface area contributed by atoms with Crippen molar-refractivity contribution in [2.75, 3.05) is 14.2 Å². The van der Waals surface area contributed by atoms with E-state index in [1.54, 1.807) is 13.2 Å². The molecular formula is C28H25F3N2O5. The fraction of sp³-hybridized carbons (Fsp3) is 0.214. The number of hydrogen-bond acceptors (Lipinski definition) is 5. The molecule has 0 radical (unpaired) electrons. The molecule has 10 heteroatoms. The van der Waals surface area contributed by atoms with Crippen molar-refractivity contribution in [2.45, 2.75) is 25.5 Å². The summed E-state index contributed by atoms with van der Waals surface area (Å²) in [4.78, 5) is 25.9. The van der Waals surface area contributed by atoms with E-state index in [0.29, 0.717) is 18.2 Å². The van der Waals surface area contributed by atoms with Crippen LogP contribution in [0.5, 0.6) is 11.5 Å². The van der Waals surface area contributed by atoms with Crippen LogP contribution in [-0.4, -0.2) is 26.2 Å². The summed E-state index contributed by atoms with van der Waals surface area (Å²) in [6.07, 6.45) is 0.664. The topological polar surface area (TPSA) is 85.9 Å². The van der Waals surface area contributed by atoms with E-state index in [-0.39, 0.29) is 34.6 Å². The number of allylic oxidation sites excluding steroid dienone is 1. The standard InChI is InChI=1S/C28H25F3N2O5/c1-36-21-5-3-4-16(12-21)6-8-23-25(27(34)38-15-17-10-19(29)14-20(30)11-17)26(33-28(35)32-23)18-7-9-24(37-2)22(31)13-18/h3-5,7,9-14,26H,6,8,15H2,1-2H3,(H2,32,33,35). The summed E-state index contributed by atoms with van der Waals surface area (Å²) in [5.74, 6) is -2.50. The van der Waals surface area contributed by atoms with E-state index in [9.17, 15) is 22.8 Å². The van der Waals surface area contributed by atoms with E-state index in [2.05, 4.69) is 10.6 Å². The van der Waals surface area contributed by atoms with Crippen molar-refractivity contribution in [3.05, 3.63) is 106 Å². The van der Waals surface area contributed by atoms with Crippen molar-refractivity contribution in [1.82, 2.24) is 10.6 Å². The number of hydrogen-bond donors (Lipinski definition) is 2. The third-order valence-electron chi connectivity index (χ3n) is 5.97. The molecule has 0 aliphatic carbocycles. The van der Waals surface area contributed by atoms with Gasteiger partial charge in [0.15, 0.2) is 11.6 Å². The molecule has 198 valence electrons. The second kappa shape index (κ2) is 11.7. The molecule has 1 unspecified atom stereocenters. The predicted molar refractivity (Wildman–Crippen MR) is 132 cm³/mol. The molecule has 2 N–H and O–H groups in total.